The van der Waals surface area contributed by atoms with Crippen molar-refractivity contribution in [3.05, 3.63) is 41.0 Å². The minimum Gasteiger partial charge on any atom is -0.462 e. The van der Waals surface area contributed by atoms with E-state index in [-0.39, 0.29) is 0 Å². The molecule has 2 saturated heterocycles. The zero-order chi connectivity index (χ0) is 25.3. The summed E-state index contributed by atoms with van der Waals surface area (Å²) in [5.41, 5.74) is 3.21. The second kappa shape index (κ2) is 13.0. The molecule has 1 aromatic carbocycles. The van der Waals surface area contributed by atoms with Gasteiger partial charge in [0, 0.05) is 58.9 Å². The first-order valence-corrected chi connectivity index (χ1v) is 13.4. The number of morpholine rings is 2. The minimum absolute atomic E-state index is 0.317. The fourth-order valence-electron chi connectivity index (χ4n) is 5.08. The van der Waals surface area contributed by atoms with Gasteiger partial charge in [-0.05, 0) is 24.0 Å². The van der Waals surface area contributed by atoms with Gasteiger partial charge in [-0.25, -0.2) is 0 Å². The third-order valence-electron chi connectivity index (χ3n) is 7.27. The lowest BCUT2D eigenvalue weighted by Crippen LogP contribution is -2.39. The monoisotopic (exact) mass is 507 g/mol. The van der Waals surface area contributed by atoms with E-state index in [9.17, 15) is 5.26 Å². The fourth-order valence-corrected chi connectivity index (χ4v) is 5.08. The number of hydrogen-bond acceptors (Lipinski definition) is 10. The zero-order valence-corrected chi connectivity index (χ0v) is 21.5. The molecule has 1 aromatic heterocycles. The molecule has 10 nitrogen and oxygen atoms in total. The summed E-state index contributed by atoms with van der Waals surface area (Å²) >= 11 is 0. The number of anilines is 2. The largest absolute Gasteiger partial charge is 0.462 e. The van der Waals surface area contributed by atoms with Gasteiger partial charge in [-0.2, -0.15) is 15.2 Å². The van der Waals surface area contributed by atoms with Gasteiger partial charge in [-0.3, -0.25) is 9.80 Å². The smallest absolute Gasteiger partial charge is 0.320 e. The quantitative estimate of drug-likeness (QED) is 0.536. The zero-order valence-electron chi connectivity index (χ0n) is 21.5. The SMILES string of the molecule is N#Cc1c(NCCN2CCOCC2)nc(OCCN2CCOCC2)nc1N1CCc2ccccc2CC1. The first kappa shape index (κ1) is 25.7. The van der Waals surface area contributed by atoms with Crippen molar-refractivity contribution in [2.75, 3.05) is 102 Å². The number of fused-ring (bicyclic) bond motifs is 1. The molecule has 198 valence electrons. The average Bonchev–Trinajstić information content (AvgIpc) is 3.17. The molecule has 3 aliphatic heterocycles. The van der Waals surface area contributed by atoms with E-state index in [1.165, 1.54) is 11.1 Å². The normalized spacial score (nSPS) is 19.1. The van der Waals surface area contributed by atoms with Crippen LogP contribution in [-0.4, -0.2) is 112 Å². The number of nitrogens with zero attached hydrogens (tertiary/aromatic N) is 6. The van der Waals surface area contributed by atoms with Crippen LogP contribution in [0.5, 0.6) is 6.01 Å². The van der Waals surface area contributed by atoms with Gasteiger partial charge in [0.1, 0.15) is 18.2 Å². The highest BCUT2D eigenvalue weighted by atomic mass is 16.5. The summed E-state index contributed by atoms with van der Waals surface area (Å²) in [6.07, 6.45) is 1.83. The number of benzene rings is 1. The molecule has 0 aliphatic carbocycles. The van der Waals surface area contributed by atoms with Crippen molar-refractivity contribution in [1.82, 2.24) is 19.8 Å². The van der Waals surface area contributed by atoms with Crippen molar-refractivity contribution in [2.24, 2.45) is 0 Å². The van der Waals surface area contributed by atoms with Crippen LogP contribution in [0.25, 0.3) is 0 Å². The second-order valence-electron chi connectivity index (χ2n) is 9.60. The summed E-state index contributed by atoms with van der Waals surface area (Å²) in [5, 5.41) is 13.6. The van der Waals surface area contributed by atoms with Gasteiger partial charge in [-0.1, -0.05) is 24.3 Å². The summed E-state index contributed by atoms with van der Waals surface area (Å²) in [4.78, 5) is 16.3. The standard InChI is InChI=1S/C27H37N7O3/c28-21-24-25(29-7-10-32-11-16-35-17-12-32)30-27(37-20-15-33-13-18-36-19-14-33)31-26(24)34-8-5-22-3-1-2-4-23(22)6-9-34/h1-4H,5-20H2,(H,29,30,31). The van der Waals surface area contributed by atoms with Crippen LogP contribution in [0.15, 0.2) is 24.3 Å². The highest BCUT2D eigenvalue weighted by Crippen LogP contribution is 2.28. The number of rotatable bonds is 9. The maximum Gasteiger partial charge on any atom is 0.320 e. The Balaban J connectivity index is 1.32. The number of aromatic nitrogens is 2. The molecule has 0 amide bonds. The van der Waals surface area contributed by atoms with Gasteiger partial charge >= 0.3 is 6.01 Å². The lowest BCUT2D eigenvalue weighted by molar-refractivity contribution is 0.0317. The highest BCUT2D eigenvalue weighted by molar-refractivity contribution is 5.66. The third-order valence-corrected chi connectivity index (χ3v) is 7.27. The van der Waals surface area contributed by atoms with E-state index in [2.05, 4.69) is 55.3 Å². The molecule has 37 heavy (non-hydrogen) atoms. The fraction of sp³-hybridized carbons (Fsp3) is 0.593. The molecule has 0 radical (unpaired) electrons. The Morgan fingerprint density at radius 1 is 0.865 bits per heavy atom. The number of hydrogen-bond donors (Lipinski definition) is 1. The second-order valence-corrected chi connectivity index (χ2v) is 9.60. The Labute approximate surface area is 219 Å². The molecule has 2 fully saturated rings. The Morgan fingerprint density at radius 3 is 2.11 bits per heavy atom. The molecule has 0 bridgehead atoms. The molecule has 1 N–H and O–H groups in total. The van der Waals surface area contributed by atoms with Gasteiger partial charge in [0.15, 0.2) is 11.6 Å². The van der Waals surface area contributed by atoms with E-state index in [0.717, 1.165) is 91.6 Å². The Kier molecular flexibility index (Phi) is 9.03. The first-order valence-electron chi connectivity index (χ1n) is 13.4. The molecule has 4 heterocycles. The van der Waals surface area contributed by atoms with Gasteiger partial charge in [0.2, 0.25) is 0 Å². The van der Waals surface area contributed by atoms with Crippen molar-refractivity contribution in [2.45, 2.75) is 12.8 Å². The topological polar surface area (TPSA) is 99.0 Å². The summed E-state index contributed by atoms with van der Waals surface area (Å²) in [5.74, 6) is 1.20. The first-order chi connectivity index (χ1) is 18.3. The average molecular weight is 508 g/mol. The van der Waals surface area contributed by atoms with Crippen LogP contribution >= 0.6 is 0 Å². The van der Waals surface area contributed by atoms with E-state index in [1.807, 2.05) is 0 Å². The van der Waals surface area contributed by atoms with Crippen LogP contribution in [0.2, 0.25) is 0 Å². The van der Waals surface area contributed by atoms with Gasteiger partial charge < -0.3 is 24.4 Å². The van der Waals surface area contributed by atoms with Crippen molar-refractivity contribution in [3.63, 3.8) is 0 Å². The van der Waals surface area contributed by atoms with Gasteiger partial charge in [-0.15, -0.1) is 0 Å². The van der Waals surface area contributed by atoms with E-state index >= 15 is 0 Å². The molecule has 0 saturated carbocycles. The minimum atomic E-state index is 0.317. The predicted molar refractivity (Wildman–Crippen MR) is 141 cm³/mol. The van der Waals surface area contributed by atoms with Gasteiger partial charge in [0.05, 0.1) is 26.4 Å². The summed E-state index contributed by atoms with van der Waals surface area (Å²) < 4.78 is 17.0. The molecule has 2 aromatic rings. The summed E-state index contributed by atoms with van der Waals surface area (Å²) in [6, 6.07) is 11.3. The van der Waals surface area contributed by atoms with Crippen LogP contribution in [-0.2, 0) is 22.3 Å². The summed E-state index contributed by atoms with van der Waals surface area (Å²) in [7, 11) is 0. The Hall–Kier alpha value is -2.97. The van der Waals surface area contributed by atoms with E-state index in [1.54, 1.807) is 0 Å². The van der Waals surface area contributed by atoms with Crippen LogP contribution in [0.3, 0.4) is 0 Å². The number of nitriles is 1. The van der Waals surface area contributed by atoms with E-state index in [4.69, 9.17) is 19.2 Å². The predicted octanol–water partition coefficient (Wildman–Crippen LogP) is 1.41. The van der Waals surface area contributed by atoms with Crippen LogP contribution in [0.4, 0.5) is 11.6 Å². The van der Waals surface area contributed by atoms with Crippen LogP contribution < -0.4 is 15.0 Å². The molecule has 0 unspecified atom stereocenters. The third kappa shape index (κ3) is 6.87. The highest BCUT2D eigenvalue weighted by Gasteiger charge is 2.23. The van der Waals surface area contributed by atoms with Crippen molar-refractivity contribution in [1.29, 1.82) is 5.26 Å². The van der Waals surface area contributed by atoms with Crippen molar-refractivity contribution in [3.8, 4) is 12.1 Å². The lowest BCUT2D eigenvalue weighted by Gasteiger charge is -2.27. The van der Waals surface area contributed by atoms with Crippen molar-refractivity contribution >= 4 is 11.6 Å². The Morgan fingerprint density at radius 2 is 1.49 bits per heavy atom. The molecular weight excluding hydrogens is 470 g/mol. The molecular formula is C27H37N7O3. The lowest BCUT2D eigenvalue weighted by atomic mass is 10.0. The van der Waals surface area contributed by atoms with E-state index < -0.39 is 0 Å². The number of ether oxygens (including phenoxy) is 3. The molecule has 5 rings (SSSR count). The number of nitrogens with one attached hydrogen (secondary N) is 1. The molecule has 0 atom stereocenters. The maximum absolute atomic E-state index is 10.2. The summed E-state index contributed by atoms with van der Waals surface area (Å²) in [6.45, 7) is 11.1. The van der Waals surface area contributed by atoms with Crippen LogP contribution in [0.1, 0.15) is 16.7 Å². The molecule has 0 spiro atoms. The molecule has 3 aliphatic rings. The maximum atomic E-state index is 10.2. The van der Waals surface area contributed by atoms with Crippen LogP contribution in [0, 0.1) is 11.3 Å². The van der Waals surface area contributed by atoms with E-state index in [0.29, 0.717) is 36.4 Å². The van der Waals surface area contributed by atoms with Gasteiger partial charge in [0.25, 0.3) is 0 Å². The van der Waals surface area contributed by atoms with Crippen molar-refractivity contribution < 1.29 is 14.2 Å². The Bertz CT molecular complexity index is 1040. The molecule has 10 heteroatoms.